The predicted molar refractivity (Wildman–Crippen MR) is 71.0 cm³/mol. The molecule has 1 aliphatic heterocycles. The first kappa shape index (κ1) is 13.3. The van der Waals surface area contributed by atoms with Gasteiger partial charge in [-0.05, 0) is 51.1 Å². The number of hydrogen-bond acceptors (Lipinski definition) is 3. The molecule has 17 heavy (non-hydrogen) atoms. The van der Waals surface area contributed by atoms with Crippen LogP contribution < -0.4 is 5.32 Å². The van der Waals surface area contributed by atoms with Crippen molar-refractivity contribution in [1.82, 2.24) is 10.2 Å². The molecule has 0 aromatic heterocycles. The van der Waals surface area contributed by atoms with Gasteiger partial charge in [0.25, 0.3) is 0 Å². The van der Waals surface area contributed by atoms with Crippen molar-refractivity contribution in [3.8, 4) is 0 Å². The maximum absolute atomic E-state index is 9.55. The average molecular weight is 240 g/mol. The van der Waals surface area contributed by atoms with Gasteiger partial charge in [0.05, 0.1) is 6.61 Å². The minimum Gasteiger partial charge on any atom is -0.394 e. The molecule has 1 saturated heterocycles. The highest BCUT2D eigenvalue weighted by molar-refractivity contribution is 4.99. The summed E-state index contributed by atoms with van der Waals surface area (Å²) >= 11 is 0. The largest absolute Gasteiger partial charge is 0.394 e. The number of rotatable bonds is 3. The molecule has 0 bridgehead atoms. The summed E-state index contributed by atoms with van der Waals surface area (Å²) in [5, 5.41) is 12.9. The summed E-state index contributed by atoms with van der Waals surface area (Å²) in [6, 6.07) is 0.685. The number of likely N-dealkylation sites (N-methyl/N-ethyl adjacent to an activating group) is 1. The molecule has 1 aliphatic carbocycles. The number of nitrogens with zero attached hydrogens (tertiary/aromatic N) is 1. The molecule has 2 aliphatic rings. The van der Waals surface area contributed by atoms with Gasteiger partial charge in [-0.1, -0.05) is 13.8 Å². The molecule has 0 amide bonds. The number of aliphatic hydroxyl groups is 1. The highest BCUT2D eigenvalue weighted by atomic mass is 16.3. The summed E-state index contributed by atoms with van der Waals surface area (Å²) in [7, 11) is 1.99. The van der Waals surface area contributed by atoms with Crippen LogP contribution in [-0.2, 0) is 0 Å². The summed E-state index contributed by atoms with van der Waals surface area (Å²) in [6.45, 7) is 7.53. The molecule has 1 heterocycles. The van der Waals surface area contributed by atoms with E-state index in [2.05, 4.69) is 24.1 Å². The lowest BCUT2D eigenvalue weighted by atomic mass is 9.87. The Bertz CT molecular complexity index is 253. The van der Waals surface area contributed by atoms with Crippen molar-refractivity contribution in [2.45, 2.75) is 51.1 Å². The zero-order valence-electron chi connectivity index (χ0n) is 11.6. The summed E-state index contributed by atoms with van der Waals surface area (Å²) in [4.78, 5) is 2.67. The first-order chi connectivity index (χ1) is 8.10. The van der Waals surface area contributed by atoms with Gasteiger partial charge in [-0.2, -0.15) is 0 Å². The Labute approximate surface area is 106 Å². The normalized spacial score (nSPS) is 44.1. The Morgan fingerprint density at radius 2 is 2.06 bits per heavy atom. The molecular weight excluding hydrogens is 212 g/mol. The molecule has 3 heteroatoms. The molecule has 3 nitrogen and oxygen atoms in total. The quantitative estimate of drug-likeness (QED) is 0.784. The lowest BCUT2D eigenvalue weighted by Gasteiger charge is -2.39. The van der Waals surface area contributed by atoms with E-state index in [0.29, 0.717) is 6.04 Å². The van der Waals surface area contributed by atoms with Crippen LogP contribution in [0.5, 0.6) is 0 Å². The Morgan fingerprint density at radius 1 is 1.29 bits per heavy atom. The smallest absolute Gasteiger partial charge is 0.0613 e. The molecule has 0 spiro atoms. The first-order valence-corrected chi connectivity index (χ1v) is 7.14. The van der Waals surface area contributed by atoms with Gasteiger partial charge in [-0.3, -0.25) is 0 Å². The van der Waals surface area contributed by atoms with Crippen molar-refractivity contribution >= 4 is 0 Å². The Balaban J connectivity index is 1.92. The van der Waals surface area contributed by atoms with Crippen LogP contribution in [0.15, 0.2) is 0 Å². The van der Waals surface area contributed by atoms with Gasteiger partial charge in [0, 0.05) is 18.1 Å². The summed E-state index contributed by atoms with van der Waals surface area (Å²) in [5.41, 5.74) is -0.00301. The fraction of sp³-hybridized carbons (Fsp3) is 1.00. The van der Waals surface area contributed by atoms with Crippen LogP contribution in [-0.4, -0.2) is 48.3 Å². The molecular formula is C14H28N2O. The lowest BCUT2D eigenvalue weighted by molar-refractivity contribution is 0.0880. The monoisotopic (exact) mass is 240 g/mol. The molecule has 2 rings (SSSR count). The van der Waals surface area contributed by atoms with Crippen molar-refractivity contribution in [3.05, 3.63) is 0 Å². The zero-order valence-corrected chi connectivity index (χ0v) is 11.6. The van der Waals surface area contributed by atoms with Crippen molar-refractivity contribution in [3.63, 3.8) is 0 Å². The topological polar surface area (TPSA) is 35.5 Å². The first-order valence-electron chi connectivity index (χ1n) is 7.14. The molecule has 2 fully saturated rings. The SMILES string of the molecule is CNC1(CO)CCC(N2CCC(C)C(C)C2)C1. The number of likely N-dealkylation sites (tertiary alicyclic amines) is 1. The highest BCUT2D eigenvalue weighted by Crippen LogP contribution is 2.35. The van der Waals surface area contributed by atoms with Gasteiger partial charge in [0.2, 0.25) is 0 Å². The highest BCUT2D eigenvalue weighted by Gasteiger charge is 2.40. The van der Waals surface area contributed by atoms with Crippen LogP contribution in [0, 0.1) is 11.8 Å². The summed E-state index contributed by atoms with van der Waals surface area (Å²) in [5.74, 6) is 1.70. The van der Waals surface area contributed by atoms with Gasteiger partial charge in [-0.25, -0.2) is 0 Å². The third-order valence-electron chi connectivity index (χ3n) is 5.30. The molecule has 0 radical (unpaired) electrons. The second-order valence-electron chi connectivity index (χ2n) is 6.32. The van der Waals surface area contributed by atoms with E-state index in [4.69, 9.17) is 0 Å². The standard InChI is InChI=1S/C14H28N2O/c1-11-5-7-16(9-12(11)2)13-4-6-14(8-13,10-17)15-3/h11-13,15,17H,4-10H2,1-3H3. The second-order valence-corrected chi connectivity index (χ2v) is 6.32. The number of nitrogens with one attached hydrogen (secondary N) is 1. The Morgan fingerprint density at radius 3 is 2.59 bits per heavy atom. The minimum atomic E-state index is -0.00301. The van der Waals surface area contributed by atoms with Crippen LogP contribution in [0.1, 0.15) is 39.5 Å². The van der Waals surface area contributed by atoms with Crippen LogP contribution in [0.4, 0.5) is 0 Å². The fourth-order valence-electron chi connectivity index (χ4n) is 3.49. The molecule has 100 valence electrons. The van der Waals surface area contributed by atoms with E-state index < -0.39 is 0 Å². The number of piperidine rings is 1. The Hall–Kier alpha value is -0.120. The van der Waals surface area contributed by atoms with Gasteiger partial charge < -0.3 is 15.3 Å². The zero-order chi connectivity index (χ0) is 12.5. The van der Waals surface area contributed by atoms with Crippen LogP contribution in [0.3, 0.4) is 0 Å². The van der Waals surface area contributed by atoms with Gasteiger partial charge in [0.1, 0.15) is 0 Å². The van der Waals surface area contributed by atoms with E-state index in [9.17, 15) is 5.11 Å². The summed E-state index contributed by atoms with van der Waals surface area (Å²) < 4.78 is 0. The second kappa shape index (κ2) is 5.25. The molecule has 0 aromatic carbocycles. The van der Waals surface area contributed by atoms with Gasteiger partial charge in [0.15, 0.2) is 0 Å². The van der Waals surface area contributed by atoms with E-state index in [-0.39, 0.29) is 12.1 Å². The molecule has 4 unspecified atom stereocenters. The fourth-order valence-corrected chi connectivity index (χ4v) is 3.49. The molecule has 1 saturated carbocycles. The van der Waals surface area contributed by atoms with Crippen molar-refractivity contribution in [1.29, 1.82) is 0 Å². The minimum absolute atomic E-state index is 0.00301. The van der Waals surface area contributed by atoms with Crippen molar-refractivity contribution in [2.24, 2.45) is 11.8 Å². The van der Waals surface area contributed by atoms with E-state index in [0.717, 1.165) is 24.7 Å². The average Bonchev–Trinajstić information content (AvgIpc) is 2.78. The van der Waals surface area contributed by atoms with Crippen LogP contribution in [0.2, 0.25) is 0 Å². The van der Waals surface area contributed by atoms with Gasteiger partial charge >= 0.3 is 0 Å². The predicted octanol–water partition coefficient (Wildman–Crippen LogP) is 1.47. The van der Waals surface area contributed by atoms with E-state index >= 15 is 0 Å². The maximum atomic E-state index is 9.55. The van der Waals surface area contributed by atoms with E-state index in [1.165, 1.54) is 25.9 Å². The molecule has 0 aromatic rings. The molecule has 4 atom stereocenters. The Kier molecular flexibility index (Phi) is 4.11. The van der Waals surface area contributed by atoms with Crippen LogP contribution >= 0.6 is 0 Å². The van der Waals surface area contributed by atoms with E-state index in [1.54, 1.807) is 0 Å². The molecule has 2 N–H and O–H groups in total. The summed E-state index contributed by atoms with van der Waals surface area (Å²) in [6.07, 6.45) is 4.80. The van der Waals surface area contributed by atoms with Gasteiger partial charge in [-0.15, -0.1) is 0 Å². The van der Waals surface area contributed by atoms with E-state index in [1.807, 2.05) is 7.05 Å². The maximum Gasteiger partial charge on any atom is 0.0613 e. The third kappa shape index (κ3) is 2.67. The van der Waals surface area contributed by atoms with Crippen LogP contribution in [0.25, 0.3) is 0 Å². The lowest BCUT2D eigenvalue weighted by Crippen LogP contribution is -2.48. The third-order valence-corrected chi connectivity index (χ3v) is 5.30. The number of hydrogen-bond donors (Lipinski definition) is 2. The number of aliphatic hydroxyl groups excluding tert-OH is 1. The van der Waals surface area contributed by atoms with Crippen molar-refractivity contribution < 1.29 is 5.11 Å². The van der Waals surface area contributed by atoms with Crippen molar-refractivity contribution in [2.75, 3.05) is 26.7 Å².